The summed E-state index contributed by atoms with van der Waals surface area (Å²) >= 11 is 3.11. The predicted octanol–water partition coefficient (Wildman–Crippen LogP) is 2.22. The highest BCUT2D eigenvalue weighted by Crippen LogP contribution is 2.29. The van der Waals surface area contributed by atoms with E-state index in [0.29, 0.717) is 25.3 Å². The number of aliphatic hydroxyl groups excluding tert-OH is 1. The smallest absolute Gasteiger partial charge is 0.274 e. The third kappa shape index (κ3) is 2.58. The van der Waals surface area contributed by atoms with E-state index < -0.39 is 0 Å². The van der Waals surface area contributed by atoms with Gasteiger partial charge in [0.05, 0.1) is 36.5 Å². The lowest BCUT2D eigenvalue weighted by molar-refractivity contribution is 0.0742. The normalized spacial score (nSPS) is 13.5. The molecule has 23 heavy (non-hydrogen) atoms. The molecule has 0 spiro atoms. The van der Waals surface area contributed by atoms with Crippen LogP contribution < -0.4 is 0 Å². The first-order valence-electron chi connectivity index (χ1n) is 7.19. The minimum Gasteiger partial charge on any atom is -0.394 e. The lowest BCUT2D eigenvalue weighted by Crippen LogP contribution is -2.26. The Balaban J connectivity index is 1.52. The lowest BCUT2D eigenvalue weighted by Gasteiger charge is -2.14. The minimum absolute atomic E-state index is 0.0400. The molecule has 1 N–H and O–H groups in total. The highest BCUT2D eigenvalue weighted by atomic mass is 32.1. The first-order valence-corrected chi connectivity index (χ1v) is 8.95. The minimum atomic E-state index is -0.0594. The van der Waals surface area contributed by atoms with Gasteiger partial charge in [-0.05, 0) is 11.4 Å². The van der Waals surface area contributed by atoms with E-state index in [4.69, 9.17) is 5.11 Å². The van der Waals surface area contributed by atoms with Crippen LogP contribution in [0.4, 0.5) is 0 Å². The maximum absolute atomic E-state index is 12.7. The molecule has 0 radical (unpaired) electrons. The van der Waals surface area contributed by atoms with Crippen molar-refractivity contribution >= 4 is 28.6 Å². The van der Waals surface area contributed by atoms with Crippen molar-refractivity contribution in [2.24, 2.45) is 0 Å². The zero-order chi connectivity index (χ0) is 15.8. The van der Waals surface area contributed by atoms with E-state index in [1.165, 1.54) is 11.3 Å². The van der Waals surface area contributed by atoms with E-state index in [1.54, 1.807) is 27.1 Å². The van der Waals surface area contributed by atoms with Gasteiger partial charge in [0, 0.05) is 17.5 Å². The number of nitrogens with zero attached hydrogens (tertiary/aromatic N) is 4. The van der Waals surface area contributed by atoms with Crippen molar-refractivity contribution in [1.29, 1.82) is 0 Å². The Morgan fingerprint density at radius 2 is 2.26 bits per heavy atom. The summed E-state index contributed by atoms with van der Waals surface area (Å²) in [7, 11) is 0. The Morgan fingerprint density at radius 1 is 1.35 bits per heavy atom. The van der Waals surface area contributed by atoms with Gasteiger partial charge in [-0.1, -0.05) is 6.07 Å². The average molecular weight is 346 g/mol. The van der Waals surface area contributed by atoms with Crippen LogP contribution in [-0.4, -0.2) is 37.3 Å². The van der Waals surface area contributed by atoms with Crippen LogP contribution in [0.2, 0.25) is 0 Å². The lowest BCUT2D eigenvalue weighted by atomic mass is 10.3. The number of rotatable bonds is 4. The van der Waals surface area contributed by atoms with Crippen LogP contribution in [0.25, 0.3) is 9.88 Å². The summed E-state index contributed by atoms with van der Waals surface area (Å²) in [5.41, 5.74) is 2.53. The molecule has 0 bridgehead atoms. The third-order valence-electron chi connectivity index (χ3n) is 3.79. The second kappa shape index (κ2) is 5.88. The van der Waals surface area contributed by atoms with Crippen molar-refractivity contribution in [1.82, 2.24) is 19.7 Å². The predicted molar refractivity (Wildman–Crippen MR) is 88.3 cm³/mol. The molecule has 0 atom stereocenters. The SMILES string of the molecule is O=C(c1csc(-c2cccs2)n1)N1Cc2cnn(CCO)c2C1. The van der Waals surface area contributed by atoms with Gasteiger partial charge in [-0.25, -0.2) is 4.98 Å². The number of fused-ring (bicyclic) bond motifs is 1. The van der Waals surface area contributed by atoms with Crippen molar-refractivity contribution < 1.29 is 9.90 Å². The number of hydrogen-bond donors (Lipinski definition) is 1. The van der Waals surface area contributed by atoms with E-state index >= 15 is 0 Å². The van der Waals surface area contributed by atoms with Gasteiger partial charge in [0.2, 0.25) is 0 Å². The zero-order valence-electron chi connectivity index (χ0n) is 12.2. The highest BCUT2D eigenvalue weighted by molar-refractivity contribution is 7.20. The van der Waals surface area contributed by atoms with Crippen molar-refractivity contribution in [2.45, 2.75) is 19.6 Å². The van der Waals surface area contributed by atoms with E-state index in [0.717, 1.165) is 21.1 Å². The van der Waals surface area contributed by atoms with Crippen molar-refractivity contribution in [3.8, 4) is 9.88 Å². The van der Waals surface area contributed by atoms with Gasteiger partial charge in [-0.15, -0.1) is 22.7 Å². The summed E-state index contributed by atoms with van der Waals surface area (Å²) in [6.07, 6.45) is 1.77. The van der Waals surface area contributed by atoms with Crippen LogP contribution in [0.1, 0.15) is 21.7 Å². The molecule has 1 aliphatic rings. The Labute approximate surface area is 140 Å². The van der Waals surface area contributed by atoms with Crippen LogP contribution >= 0.6 is 22.7 Å². The molecule has 0 saturated heterocycles. The van der Waals surface area contributed by atoms with Gasteiger partial charge in [0.1, 0.15) is 10.7 Å². The number of aliphatic hydroxyl groups is 1. The van der Waals surface area contributed by atoms with Crippen LogP contribution in [0, 0.1) is 0 Å². The molecule has 3 aromatic heterocycles. The maximum Gasteiger partial charge on any atom is 0.274 e. The van der Waals surface area contributed by atoms with Gasteiger partial charge >= 0.3 is 0 Å². The molecule has 1 amide bonds. The second-order valence-electron chi connectivity index (χ2n) is 5.24. The quantitative estimate of drug-likeness (QED) is 0.786. The number of carbonyl (C=O) groups is 1. The molecule has 0 fully saturated rings. The monoisotopic (exact) mass is 346 g/mol. The van der Waals surface area contributed by atoms with Crippen LogP contribution in [0.5, 0.6) is 0 Å². The van der Waals surface area contributed by atoms with Gasteiger partial charge in [-0.3, -0.25) is 9.48 Å². The van der Waals surface area contributed by atoms with E-state index in [2.05, 4.69) is 10.1 Å². The van der Waals surface area contributed by atoms with Crippen molar-refractivity contribution in [3.63, 3.8) is 0 Å². The molecule has 0 aliphatic carbocycles. The fourth-order valence-corrected chi connectivity index (χ4v) is 4.29. The highest BCUT2D eigenvalue weighted by Gasteiger charge is 2.29. The first kappa shape index (κ1) is 14.6. The van der Waals surface area contributed by atoms with E-state index in [-0.39, 0.29) is 12.5 Å². The van der Waals surface area contributed by atoms with Gasteiger partial charge in [0.25, 0.3) is 5.91 Å². The largest absolute Gasteiger partial charge is 0.394 e. The Hall–Kier alpha value is -2.03. The molecule has 1 aliphatic heterocycles. The first-order chi connectivity index (χ1) is 11.3. The molecule has 0 unspecified atom stereocenters. The summed E-state index contributed by atoms with van der Waals surface area (Å²) in [6.45, 7) is 1.56. The number of aromatic nitrogens is 3. The molecule has 0 saturated carbocycles. The molecular formula is C15H14N4O2S2. The fourth-order valence-electron chi connectivity index (χ4n) is 2.69. The average Bonchev–Trinajstić information content (AvgIpc) is 3.32. The molecule has 4 rings (SSSR count). The van der Waals surface area contributed by atoms with E-state index in [9.17, 15) is 4.79 Å². The molecule has 3 aromatic rings. The zero-order valence-corrected chi connectivity index (χ0v) is 13.8. The molecule has 118 valence electrons. The second-order valence-corrected chi connectivity index (χ2v) is 7.05. The fraction of sp³-hybridized carbons (Fsp3) is 0.267. The topological polar surface area (TPSA) is 71.2 Å². The number of hydrogen-bond acceptors (Lipinski definition) is 6. The molecule has 4 heterocycles. The van der Waals surface area contributed by atoms with Gasteiger partial charge in [-0.2, -0.15) is 5.10 Å². The molecule has 8 heteroatoms. The standard InChI is InChI=1S/C15H14N4O2S2/c20-4-3-19-12-8-18(7-10(12)6-16-19)15(21)11-9-23-14(17-11)13-2-1-5-22-13/h1-2,5-6,9,20H,3-4,7-8H2. The number of amides is 1. The number of carbonyl (C=O) groups excluding carboxylic acids is 1. The van der Waals surface area contributed by atoms with Gasteiger partial charge in [0.15, 0.2) is 0 Å². The van der Waals surface area contributed by atoms with Crippen molar-refractivity contribution in [2.75, 3.05) is 6.61 Å². The third-order valence-corrected chi connectivity index (χ3v) is 5.67. The molecule has 6 nitrogen and oxygen atoms in total. The van der Waals surface area contributed by atoms with Crippen LogP contribution in [0.15, 0.2) is 29.1 Å². The molecular weight excluding hydrogens is 332 g/mol. The van der Waals surface area contributed by atoms with Crippen LogP contribution in [-0.2, 0) is 19.6 Å². The summed E-state index contributed by atoms with van der Waals surface area (Å²) < 4.78 is 1.76. The Morgan fingerprint density at radius 3 is 3.04 bits per heavy atom. The summed E-state index contributed by atoms with van der Waals surface area (Å²) in [5, 5.41) is 18.0. The van der Waals surface area contributed by atoms with E-state index in [1.807, 2.05) is 22.9 Å². The number of thiophene rings is 1. The van der Waals surface area contributed by atoms with Gasteiger partial charge < -0.3 is 10.0 Å². The summed E-state index contributed by atoms with van der Waals surface area (Å²) in [5.74, 6) is -0.0594. The Kier molecular flexibility index (Phi) is 3.72. The summed E-state index contributed by atoms with van der Waals surface area (Å²) in [6, 6.07) is 3.99. The van der Waals surface area contributed by atoms with Crippen LogP contribution in [0.3, 0.4) is 0 Å². The molecule has 0 aromatic carbocycles. The van der Waals surface area contributed by atoms with Crippen molar-refractivity contribution in [3.05, 3.63) is 46.0 Å². The number of thiazole rings is 1. The summed E-state index contributed by atoms with van der Waals surface area (Å²) in [4.78, 5) is 20.0. The maximum atomic E-state index is 12.7. The Bertz CT molecular complexity index is 838.